The number of hydrogen-bond acceptors (Lipinski definition) is 3. The van der Waals surface area contributed by atoms with Crippen molar-refractivity contribution in [1.29, 1.82) is 0 Å². The lowest BCUT2D eigenvalue weighted by atomic mass is 10.0. The van der Waals surface area contributed by atoms with E-state index in [-0.39, 0.29) is 11.1 Å². The van der Waals surface area contributed by atoms with Crippen LogP contribution < -0.4 is 5.73 Å². The highest BCUT2D eigenvalue weighted by Crippen LogP contribution is 2.26. The largest absolute Gasteiger partial charge is 0.380 e. The Bertz CT molecular complexity index is 410. The molecule has 0 spiro atoms. The van der Waals surface area contributed by atoms with Crippen molar-refractivity contribution in [1.82, 2.24) is 4.90 Å². The third kappa shape index (κ3) is 2.83. The Labute approximate surface area is 112 Å². The van der Waals surface area contributed by atoms with E-state index in [1.807, 2.05) is 13.1 Å². The maximum atomic E-state index is 13.5. The SMILES string of the molecule is CN(C1CCOC1)C(CN)c1ccc(Cl)c(F)c1. The van der Waals surface area contributed by atoms with Crippen LogP contribution in [0, 0.1) is 5.82 Å². The van der Waals surface area contributed by atoms with Crippen molar-refractivity contribution in [2.45, 2.75) is 18.5 Å². The van der Waals surface area contributed by atoms with E-state index < -0.39 is 5.82 Å². The number of nitrogens with zero attached hydrogens (tertiary/aromatic N) is 1. The third-order valence-electron chi connectivity index (χ3n) is 3.52. The maximum Gasteiger partial charge on any atom is 0.142 e. The van der Waals surface area contributed by atoms with Gasteiger partial charge in [0.25, 0.3) is 0 Å². The first-order valence-electron chi connectivity index (χ1n) is 6.08. The lowest BCUT2D eigenvalue weighted by Crippen LogP contribution is -2.39. The van der Waals surface area contributed by atoms with Gasteiger partial charge in [-0.05, 0) is 31.2 Å². The molecule has 1 aliphatic heterocycles. The third-order valence-corrected chi connectivity index (χ3v) is 3.83. The zero-order chi connectivity index (χ0) is 13.1. The molecule has 0 radical (unpaired) electrons. The van der Waals surface area contributed by atoms with Crippen LogP contribution in [0.2, 0.25) is 5.02 Å². The van der Waals surface area contributed by atoms with E-state index in [2.05, 4.69) is 4.90 Å². The normalized spacial score (nSPS) is 21.5. The van der Waals surface area contributed by atoms with Crippen LogP contribution >= 0.6 is 11.6 Å². The van der Waals surface area contributed by atoms with Gasteiger partial charge >= 0.3 is 0 Å². The van der Waals surface area contributed by atoms with Crippen molar-refractivity contribution in [3.05, 3.63) is 34.6 Å². The minimum atomic E-state index is -0.399. The molecule has 2 atom stereocenters. The van der Waals surface area contributed by atoms with E-state index >= 15 is 0 Å². The molecule has 1 heterocycles. The standard InChI is InChI=1S/C13H18ClFN2O/c1-17(10-4-5-18-8-10)13(7-16)9-2-3-11(14)12(15)6-9/h2-3,6,10,13H,4-5,7-8,16H2,1H3. The second-order valence-electron chi connectivity index (χ2n) is 4.61. The zero-order valence-electron chi connectivity index (χ0n) is 10.4. The van der Waals surface area contributed by atoms with Crippen LogP contribution in [0.4, 0.5) is 4.39 Å². The van der Waals surface area contributed by atoms with E-state index in [1.165, 1.54) is 6.07 Å². The number of ether oxygens (including phenoxy) is 1. The van der Waals surface area contributed by atoms with Gasteiger partial charge in [0, 0.05) is 25.2 Å². The molecule has 0 amide bonds. The molecule has 1 aromatic carbocycles. The van der Waals surface area contributed by atoms with E-state index in [1.54, 1.807) is 6.07 Å². The summed E-state index contributed by atoms with van der Waals surface area (Å²) in [5.74, 6) is -0.399. The molecule has 0 aliphatic carbocycles. The van der Waals surface area contributed by atoms with Crippen LogP contribution in [0.1, 0.15) is 18.0 Å². The Morgan fingerprint density at radius 1 is 1.61 bits per heavy atom. The summed E-state index contributed by atoms with van der Waals surface area (Å²) in [6, 6.07) is 5.20. The van der Waals surface area contributed by atoms with Gasteiger partial charge in [0.15, 0.2) is 0 Å². The highest BCUT2D eigenvalue weighted by atomic mass is 35.5. The quantitative estimate of drug-likeness (QED) is 0.913. The smallest absolute Gasteiger partial charge is 0.142 e. The number of nitrogens with two attached hydrogens (primary N) is 1. The highest BCUT2D eigenvalue weighted by molar-refractivity contribution is 6.30. The Morgan fingerprint density at radius 2 is 2.39 bits per heavy atom. The highest BCUT2D eigenvalue weighted by Gasteiger charge is 2.26. The summed E-state index contributed by atoms with van der Waals surface area (Å²) in [5, 5.41) is 0.140. The Morgan fingerprint density at radius 3 is 2.94 bits per heavy atom. The number of likely N-dealkylation sites (N-methyl/N-ethyl adjacent to an activating group) is 1. The summed E-state index contributed by atoms with van der Waals surface area (Å²) in [7, 11) is 2.00. The van der Waals surface area contributed by atoms with Crippen molar-refractivity contribution in [2.24, 2.45) is 5.73 Å². The van der Waals surface area contributed by atoms with Crippen LogP contribution in [-0.2, 0) is 4.74 Å². The van der Waals surface area contributed by atoms with Gasteiger partial charge in [-0.15, -0.1) is 0 Å². The molecule has 0 aromatic heterocycles. The number of rotatable bonds is 4. The second kappa shape index (κ2) is 5.97. The molecule has 5 heteroatoms. The molecule has 1 aromatic rings. The molecule has 2 rings (SSSR count). The van der Waals surface area contributed by atoms with Gasteiger partial charge in [0.05, 0.1) is 11.6 Å². The van der Waals surface area contributed by atoms with Gasteiger partial charge in [-0.2, -0.15) is 0 Å². The molecular weight excluding hydrogens is 255 g/mol. The van der Waals surface area contributed by atoms with Gasteiger partial charge in [-0.1, -0.05) is 17.7 Å². The minimum Gasteiger partial charge on any atom is -0.380 e. The van der Waals surface area contributed by atoms with Gasteiger partial charge in [0.1, 0.15) is 5.82 Å². The Kier molecular flexibility index (Phi) is 4.56. The lowest BCUT2D eigenvalue weighted by Gasteiger charge is -2.31. The fourth-order valence-electron chi connectivity index (χ4n) is 2.35. The predicted molar refractivity (Wildman–Crippen MR) is 70.2 cm³/mol. The minimum absolute atomic E-state index is 0.0107. The van der Waals surface area contributed by atoms with E-state index in [0.29, 0.717) is 19.2 Å². The van der Waals surface area contributed by atoms with E-state index in [4.69, 9.17) is 22.1 Å². The Balaban J connectivity index is 2.18. The van der Waals surface area contributed by atoms with Crippen LogP contribution in [0.25, 0.3) is 0 Å². The summed E-state index contributed by atoms with van der Waals surface area (Å²) in [6.45, 7) is 1.93. The zero-order valence-corrected chi connectivity index (χ0v) is 11.2. The summed E-state index contributed by atoms with van der Waals surface area (Å²) in [6.07, 6.45) is 0.989. The van der Waals surface area contributed by atoms with Crippen molar-refractivity contribution in [2.75, 3.05) is 26.8 Å². The fraction of sp³-hybridized carbons (Fsp3) is 0.538. The predicted octanol–water partition coefficient (Wildman–Crippen LogP) is 2.20. The van der Waals surface area contributed by atoms with Gasteiger partial charge in [-0.3, -0.25) is 4.90 Å². The lowest BCUT2D eigenvalue weighted by molar-refractivity contribution is 0.134. The number of halogens is 2. The maximum absolute atomic E-state index is 13.5. The summed E-state index contributed by atoms with van der Waals surface area (Å²) >= 11 is 5.70. The van der Waals surface area contributed by atoms with Crippen LogP contribution in [0.3, 0.4) is 0 Å². The van der Waals surface area contributed by atoms with Crippen molar-refractivity contribution < 1.29 is 9.13 Å². The van der Waals surface area contributed by atoms with Crippen LogP contribution in [0.5, 0.6) is 0 Å². The van der Waals surface area contributed by atoms with E-state index in [9.17, 15) is 4.39 Å². The molecule has 100 valence electrons. The van der Waals surface area contributed by atoms with Crippen molar-refractivity contribution in [3.63, 3.8) is 0 Å². The fourth-order valence-corrected chi connectivity index (χ4v) is 2.47. The molecule has 3 nitrogen and oxygen atoms in total. The molecule has 2 unspecified atom stereocenters. The van der Waals surface area contributed by atoms with Crippen molar-refractivity contribution >= 4 is 11.6 Å². The topological polar surface area (TPSA) is 38.5 Å². The number of hydrogen-bond donors (Lipinski definition) is 1. The molecule has 1 fully saturated rings. The van der Waals surface area contributed by atoms with Gasteiger partial charge in [0.2, 0.25) is 0 Å². The first-order chi connectivity index (χ1) is 8.63. The number of benzene rings is 1. The second-order valence-corrected chi connectivity index (χ2v) is 5.02. The molecule has 1 saturated heterocycles. The summed E-state index contributed by atoms with van der Waals surface area (Å²) in [4.78, 5) is 2.16. The first-order valence-corrected chi connectivity index (χ1v) is 6.46. The molecule has 1 aliphatic rings. The van der Waals surface area contributed by atoms with Crippen LogP contribution in [-0.4, -0.2) is 37.7 Å². The first kappa shape index (κ1) is 13.7. The monoisotopic (exact) mass is 272 g/mol. The van der Waals surface area contributed by atoms with E-state index in [0.717, 1.165) is 18.6 Å². The molecule has 2 N–H and O–H groups in total. The average molecular weight is 273 g/mol. The molecule has 0 saturated carbocycles. The molecular formula is C13H18ClFN2O. The molecule has 0 bridgehead atoms. The van der Waals surface area contributed by atoms with Gasteiger partial charge < -0.3 is 10.5 Å². The van der Waals surface area contributed by atoms with Crippen molar-refractivity contribution in [3.8, 4) is 0 Å². The summed E-state index contributed by atoms with van der Waals surface area (Å²) < 4.78 is 18.9. The summed E-state index contributed by atoms with van der Waals surface area (Å²) in [5.41, 5.74) is 6.68. The van der Waals surface area contributed by atoms with Crippen LogP contribution in [0.15, 0.2) is 18.2 Å². The van der Waals surface area contributed by atoms with Gasteiger partial charge in [-0.25, -0.2) is 4.39 Å². The Hall–Kier alpha value is -0.680. The molecule has 18 heavy (non-hydrogen) atoms. The average Bonchev–Trinajstić information content (AvgIpc) is 2.88.